The molecule has 3 aromatic heterocycles. The summed E-state index contributed by atoms with van der Waals surface area (Å²) in [4.78, 5) is 24.6. The molecule has 23 heavy (non-hydrogen) atoms. The van der Waals surface area contributed by atoms with E-state index in [2.05, 4.69) is 25.4 Å². The molecule has 1 amide bonds. The van der Waals surface area contributed by atoms with Gasteiger partial charge in [0.15, 0.2) is 0 Å². The lowest BCUT2D eigenvalue weighted by Gasteiger charge is -2.05. The molecule has 118 valence electrons. The summed E-state index contributed by atoms with van der Waals surface area (Å²) in [6.07, 6.45) is 4.89. The highest BCUT2D eigenvalue weighted by atomic mass is 32.1. The molecular weight excluding hydrogens is 314 g/mol. The van der Waals surface area contributed by atoms with Crippen LogP contribution in [0.5, 0.6) is 0 Å². The van der Waals surface area contributed by atoms with Gasteiger partial charge in [-0.1, -0.05) is 0 Å². The van der Waals surface area contributed by atoms with Gasteiger partial charge in [-0.2, -0.15) is 5.10 Å². The van der Waals surface area contributed by atoms with Crippen molar-refractivity contribution in [3.05, 3.63) is 41.4 Å². The van der Waals surface area contributed by atoms with Crippen molar-refractivity contribution in [1.82, 2.24) is 30.0 Å². The van der Waals surface area contributed by atoms with Crippen molar-refractivity contribution in [3.8, 4) is 10.7 Å². The second-order valence-corrected chi connectivity index (χ2v) is 5.74. The summed E-state index contributed by atoms with van der Waals surface area (Å²) in [7, 11) is 0. The standard InChI is InChI=1S/C14H15N7OS/c1-9-4-12(15)21(20-9)7-13(22)18-5-10-8-23-14(19-10)11-6-16-2-3-17-11/h2-4,6,8H,5,7,15H2,1H3,(H,18,22). The third-order valence-electron chi connectivity index (χ3n) is 3.03. The number of carbonyl (C=O) groups is 1. The summed E-state index contributed by atoms with van der Waals surface area (Å²) in [6.45, 7) is 2.25. The van der Waals surface area contributed by atoms with E-state index in [-0.39, 0.29) is 12.5 Å². The van der Waals surface area contributed by atoms with Gasteiger partial charge >= 0.3 is 0 Å². The van der Waals surface area contributed by atoms with Crippen LogP contribution in [0.25, 0.3) is 10.7 Å². The SMILES string of the molecule is Cc1cc(N)n(CC(=O)NCc2csc(-c3cnccn3)n2)n1. The van der Waals surface area contributed by atoms with Gasteiger partial charge in [0, 0.05) is 23.8 Å². The molecule has 9 heteroatoms. The molecule has 0 bridgehead atoms. The Hall–Kier alpha value is -2.81. The fraction of sp³-hybridized carbons (Fsp3) is 0.214. The number of nitrogen functional groups attached to an aromatic ring is 1. The molecule has 0 radical (unpaired) electrons. The second-order valence-electron chi connectivity index (χ2n) is 4.88. The number of aryl methyl sites for hydroxylation is 1. The fourth-order valence-corrected chi connectivity index (χ4v) is 2.77. The normalized spacial score (nSPS) is 10.7. The topological polar surface area (TPSA) is 112 Å². The van der Waals surface area contributed by atoms with Gasteiger partial charge in [-0.25, -0.2) is 9.67 Å². The lowest BCUT2D eigenvalue weighted by atomic mass is 10.4. The smallest absolute Gasteiger partial charge is 0.242 e. The zero-order valence-corrected chi connectivity index (χ0v) is 13.2. The van der Waals surface area contributed by atoms with Crippen molar-refractivity contribution in [3.63, 3.8) is 0 Å². The van der Waals surface area contributed by atoms with Crippen molar-refractivity contribution >= 4 is 23.1 Å². The number of hydrogen-bond acceptors (Lipinski definition) is 7. The molecule has 8 nitrogen and oxygen atoms in total. The summed E-state index contributed by atoms with van der Waals surface area (Å²) >= 11 is 1.46. The van der Waals surface area contributed by atoms with Gasteiger partial charge < -0.3 is 11.1 Å². The number of amides is 1. The fourth-order valence-electron chi connectivity index (χ4n) is 1.99. The molecule has 0 saturated carbocycles. The molecule has 0 aliphatic heterocycles. The Labute approximate surface area is 136 Å². The highest BCUT2D eigenvalue weighted by Crippen LogP contribution is 2.20. The van der Waals surface area contributed by atoms with E-state index in [0.29, 0.717) is 12.4 Å². The summed E-state index contributed by atoms with van der Waals surface area (Å²) in [6, 6.07) is 1.72. The summed E-state index contributed by atoms with van der Waals surface area (Å²) in [5, 5.41) is 9.61. The van der Waals surface area contributed by atoms with E-state index < -0.39 is 0 Å². The first kappa shape index (κ1) is 15.1. The Morgan fingerprint density at radius 2 is 2.30 bits per heavy atom. The third-order valence-corrected chi connectivity index (χ3v) is 3.94. The molecule has 0 fully saturated rings. The van der Waals surface area contributed by atoms with Crippen LogP contribution in [-0.4, -0.2) is 30.6 Å². The largest absolute Gasteiger partial charge is 0.384 e. The first-order valence-corrected chi connectivity index (χ1v) is 7.77. The van der Waals surface area contributed by atoms with E-state index in [1.807, 2.05) is 12.3 Å². The zero-order valence-electron chi connectivity index (χ0n) is 12.4. The number of hydrogen-bond donors (Lipinski definition) is 2. The molecule has 0 spiro atoms. The highest BCUT2D eigenvalue weighted by Gasteiger charge is 2.10. The van der Waals surface area contributed by atoms with E-state index in [9.17, 15) is 4.79 Å². The summed E-state index contributed by atoms with van der Waals surface area (Å²) in [5.74, 6) is 0.296. The maximum absolute atomic E-state index is 11.9. The number of carbonyl (C=O) groups excluding carboxylic acids is 1. The Morgan fingerprint density at radius 3 is 3.00 bits per heavy atom. The van der Waals surface area contributed by atoms with Crippen LogP contribution in [0.3, 0.4) is 0 Å². The predicted octanol–water partition coefficient (Wildman–Crippen LogP) is 1.00. The lowest BCUT2D eigenvalue weighted by molar-refractivity contribution is -0.122. The van der Waals surface area contributed by atoms with E-state index in [4.69, 9.17) is 5.73 Å². The third kappa shape index (κ3) is 3.69. The molecule has 0 aliphatic carbocycles. The number of nitrogens with zero attached hydrogens (tertiary/aromatic N) is 5. The van der Waals surface area contributed by atoms with Crippen LogP contribution in [0.2, 0.25) is 0 Å². The molecule has 0 unspecified atom stereocenters. The van der Waals surface area contributed by atoms with Gasteiger partial charge in [0.1, 0.15) is 23.1 Å². The molecule has 0 saturated heterocycles. The molecule has 3 heterocycles. The van der Waals surface area contributed by atoms with E-state index in [1.54, 1.807) is 24.7 Å². The van der Waals surface area contributed by atoms with Gasteiger partial charge in [-0.15, -0.1) is 11.3 Å². The first-order valence-electron chi connectivity index (χ1n) is 6.89. The molecule has 3 aromatic rings. The number of rotatable bonds is 5. The zero-order chi connectivity index (χ0) is 16.2. The monoisotopic (exact) mass is 329 g/mol. The van der Waals surface area contributed by atoms with Gasteiger partial charge in [0.25, 0.3) is 0 Å². The second kappa shape index (κ2) is 6.53. The molecular formula is C14H15N7OS. The number of anilines is 1. The average molecular weight is 329 g/mol. The Balaban J connectivity index is 1.57. The minimum atomic E-state index is -0.172. The van der Waals surface area contributed by atoms with Crippen LogP contribution in [-0.2, 0) is 17.9 Å². The van der Waals surface area contributed by atoms with E-state index >= 15 is 0 Å². The summed E-state index contributed by atoms with van der Waals surface area (Å²) in [5.41, 5.74) is 8.03. The summed E-state index contributed by atoms with van der Waals surface area (Å²) < 4.78 is 1.47. The van der Waals surface area contributed by atoms with Crippen molar-refractivity contribution in [2.45, 2.75) is 20.0 Å². The highest BCUT2D eigenvalue weighted by molar-refractivity contribution is 7.13. The van der Waals surface area contributed by atoms with Crippen molar-refractivity contribution in [2.75, 3.05) is 5.73 Å². The van der Waals surface area contributed by atoms with Crippen LogP contribution in [0, 0.1) is 6.92 Å². The Morgan fingerprint density at radius 1 is 1.43 bits per heavy atom. The number of nitrogens with one attached hydrogen (secondary N) is 1. The predicted molar refractivity (Wildman–Crippen MR) is 86.4 cm³/mol. The molecule has 0 atom stereocenters. The van der Waals surface area contributed by atoms with Crippen LogP contribution in [0.4, 0.5) is 5.82 Å². The van der Waals surface area contributed by atoms with Gasteiger partial charge in [0.2, 0.25) is 5.91 Å². The minimum absolute atomic E-state index is 0.0842. The maximum atomic E-state index is 11.9. The number of nitrogens with two attached hydrogens (primary N) is 1. The van der Waals surface area contributed by atoms with E-state index in [1.165, 1.54) is 16.0 Å². The van der Waals surface area contributed by atoms with Gasteiger partial charge in [-0.05, 0) is 6.92 Å². The number of aromatic nitrogens is 5. The minimum Gasteiger partial charge on any atom is -0.384 e. The molecule has 3 rings (SSSR count). The molecule has 3 N–H and O–H groups in total. The van der Waals surface area contributed by atoms with Crippen LogP contribution in [0.1, 0.15) is 11.4 Å². The molecule has 0 aromatic carbocycles. The Bertz CT molecular complexity index is 812. The van der Waals surface area contributed by atoms with Crippen molar-refractivity contribution < 1.29 is 4.79 Å². The van der Waals surface area contributed by atoms with Crippen molar-refractivity contribution in [1.29, 1.82) is 0 Å². The van der Waals surface area contributed by atoms with Crippen molar-refractivity contribution in [2.24, 2.45) is 0 Å². The molecule has 0 aliphatic rings. The van der Waals surface area contributed by atoms with Crippen LogP contribution in [0.15, 0.2) is 30.0 Å². The number of thiazole rings is 1. The Kier molecular flexibility index (Phi) is 4.29. The van der Waals surface area contributed by atoms with Crippen LogP contribution < -0.4 is 11.1 Å². The van der Waals surface area contributed by atoms with Gasteiger partial charge in [0.05, 0.1) is 24.1 Å². The lowest BCUT2D eigenvalue weighted by Crippen LogP contribution is -2.28. The van der Waals surface area contributed by atoms with E-state index in [0.717, 1.165) is 22.1 Å². The quantitative estimate of drug-likeness (QED) is 0.722. The maximum Gasteiger partial charge on any atom is 0.242 e. The van der Waals surface area contributed by atoms with Gasteiger partial charge in [-0.3, -0.25) is 14.8 Å². The van der Waals surface area contributed by atoms with Crippen LogP contribution >= 0.6 is 11.3 Å². The average Bonchev–Trinajstić information content (AvgIpc) is 3.13. The first-order chi connectivity index (χ1) is 11.1.